The van der Waals surface area contributed by atoms with Crippen LogP contribution in [0.1, 0.15) is 66.5 Å². The van der Waals surface area contributed by atoms with Crippen LogP contribution in [0.25, 0.3) is 5.65 Å². The van der Waals surface area contributed by atoms with Gasteiger partial charge in [0.05, 0.1) is 50.6 Å². The van der Waals surface area contributed by atoms with Crippen LogP contribution in [0.15, 0.2) is 41.4 Å². The molecule has 302 valence electrons. The molecule has 4 aromatic rings. The largest absolute Gasteiger partial charge is 0.481 e. The van der Waals surface area contributed by atoms with Gasteiger partial charge in [-0.2, -0.15) is 22.5 Å². The Morgan fingerprint density at radius 3 is 2.41 bits per heavy atom. The quantitative estimate of drug-likeness (QED) is 0.242. The third-order valence-corrected chi connectivity index (χ3v) is 12.7. The number of fused-ring (bicyclic) bond motifs is 2. The normalized spacial score (nSPS) is 19.6. The molecule has 1 spiro atoms. The maximum absolute atomic E-state index is 14.5. The van der Waals surface area contributed by atoms with Gasteiger partial charge in [0.25, 0.3) is 0 Å². The van der Waals surface area contributed by atoms with E-state index >= 15 is 0 Å². The van der Waals surface area contributed by atoms with Crippen molar-refractivity contribution in [3.05, 3.63) is 70.4 Å². The van der Waals surface area contributed by atoms with E-state index in [1.807, 2.05) is 0 Å². The van der Waals surface area contributed by atoms with Gasteiger partial charge in [-0.1, -0.05) is 6.07 Å². The molecule has 0 saturated carbocycles. The molecule has 1 atom stereocenters. The van der Waals surface area contributed by atoms with Crippen molar-refractivity contribution in [3.63, 3.8) is 0 Å². The zero-order valence-electron chi connectivity index (χ0n) is 31.5. The maximum atomic E-state index is 14.5. The number of morpholine rings is 1. The smallest absolute Gasteiger partial charge is 0.452 e. The number of rotatable bonds is 10. The van der Waals surface area contributed by atoms with Crippen LogP contribution in [-0.4, -0.2) is 118 Å². The van der Waals surface area contributed by atoms with E-state index in [-0.39, 0.29) is 41.1 Å². The molecule has 0 unspecified atom stereocenters. The number of hydrogen-bond donors (Lipinski definition) is 1. The molecule has 2 fully saturated rings. The predicted molar refractivity (Wildman–Crippen MR) is 193 cm³/mol. The first-order valence-electron chi connectivity index (χ1n) is 18.3. The highest BCUT2D eigenvalue weighted by molar-refractivity contribution is 7.89. The standard InChI is InChI=1S/C37H44F3N7O8S/c1-23-5-6-26(30(35(3,4)34(48)49)25-9-12-47-31(24(25)2)43-44-33(47)37(38,39)40)41-27(23)21-46-22-36(10-16-52-17-11-36)55-32-28(56(46,50)51)7-8-29(42-32)54-20-15-45-13-18-53-19-14-45/h5-9,12,30H,10-11,13-22H2,1-4H3,(H,48,49)/t30-/m0/s1. The summed E-state index contributed by atoms with van der Waals surface area (Å²) in [5.41, 5.74) is -0.626. The Balaban J connectivity index is 1.24. The fourth-order valence-electron chi connectivity index (χ4n) is 7.51. The highest BCUT2D eigenvalue weighted by Gasteiger charge is 2.47. The summed E-state index contributed by atoms with van der Waals surface area (Å²) in [6, 6.07) is 7.75. The molecule has 3 aliphatic heterocycles. The van der Waals surface area contributed by atoms with Crippen LogP contribution in [0, 0.1) is 19.3 Å². The van der Waals surface area contributed by atoms with Crippen molar-refractivity contribution in [2.75, 3.05) is 59.2 Å². The SMILES string of the molecule is Cc1ccc([C@H](c2ccn3c(C(F)(F)F)nnc3c2C)C(C)(C)C(=O)O)nc1CN1CC2(CCOCC2)Oc2nc(OCCN3CCOCC3)ccc2S1(=O)=O. The molecule has 15 nitrogen and oxygen atoms in total. The fraction of sp³-hybridized carbons (Fsp3) is 0.541. The number of sulfonamides is 1. The van der Waals surface area contributed by atoms with Crippen molar-refractivity contribution in [1.29, 1.82) is 0 Å². The first kappa shape index (κ1) is 39.8. The summed E-state index contributed by atoms with van der Waals surface area (Å²) in [5.74, 6) is -3.21. The van der Waals surface area contributed by atoms with E-state index < -0.39 is 44.9 Å². The summed E-state index contributed by atoms with van der Waals surface area (Å²) in [6.07, 6.45) is -2.81. The van der Waals surface area contributed by atoms with E-state index in [9.17, 15) is 31.5 Å². The second-order valence-electron chi connectivity index (χ2n) is 15.0. The van der Waals surface area contributed by atoms with E-state index in [1.54, 1.807) is 26.0 Å². The number of hydrogen-bond acceptors (Lipinski definition) is 12. The molecule has 2 saturated heterocycles. The zero-order valence-corrected chi connectivity index (χ0v) is 32.3. The van der Waals surface area contributed by atoms with Gasteiger partial charge >= 0.3 is 12.1 Å². The van der Waals surface area contributed by atoms with Crippen LogP contribution in [0.4, 0.5) is 13.2 Å². The van der Waals surface area contributed by atoms with Gasteiger partial charge in [0.2, 0.25) is 27.6 Å². The second kappa shape index (κ2) is 15.1. The maximum Gasteiger partial charge on any atom is 0.452 e. The second-order valence-corrected chi connectivity index (χ2v) is 16.9. The molecule has 0 radical (unpaired) electrons. The van der Waals surface area contributed by atoms with Crippen LogP contribution in [0.5, 0.6) is 11.8 Å². The third-order valence-electron chi connectivity index (χ3n) is 10.9. The van der Waals surface area contributed by atoms with E-state index in [0.717, 1.165) is 17.5 Å². The van der Waals surface area contributed by atoms with E-state index in [1.165, 1.54) is 42.5 Å². The molecule has 3 aliphatic rings. The number of halogens is 3. The van der Waals surface area contributed by atoms with Crippen molar-refractivity contribution in [1.82, 2.24) is 33.8 Å². The Hall–Kier alpha value is -4.43. The Morgan fingerprint density at radius 2 is 1.71 bits per heavy atom. The van der Waals surface area contributed by atoms with E-state index in [4.69, 9.17) is 23.9 Å². The number of alkyl halides is 3. The minimum Gasteiger partial charge on any atom is -0.481 e. The van der Waals surface area contributed by atoms with Crippen molar-refractivity contribution in [2.24, 2.45) is 5.41 Å². The minimum atomic E-state index is -4.77. The van der Waals surface area contributed by atoms with Crippen LogP contribution < -0.4 is 9.47 Å². The Morgan fingerprint density at radius 1 is 1.00 bits per heavy atom. The summed E-state index contributed by atoms with van der Waals surface area (Å²) >= 11 is 0. The Kier molecular flexibility index (Phi) is 10.8. The molecule has 19 heteroatoms. The zero-order chi connectivity index (χ0) is 40.0. The summed E-state index contributed by atoms with van der Waals surface area (Å²) in [7, 11) is -4.25. The molecular formula is C37H44F3N7O8S. The van der Waals surface area contributed by atoms with Gasteiger partial charge < -0.3 is 24.1 Å². The van der Waals surface area contributed by atoms with Crippen molar-refractivity contribution < 1.29 is 50.4 Å². The van der Waals surface area contributed by atoms with Crippen LogP contribution >= 0.6 is 0 Å². The first-order valence-corrected chi connectivity index (χ1v) is 19.8. The van der Waals surface area contributed by atoms with Gasteiger partial charge in [-0.3, -0.25) is 19.1 Å². The van der Waals surface area contributed by atoms with Gasteiger partial charge in [-0.25, -0.2) is 8.42 Å². The lowest BCUT2D eigenvalue weighted by Crippen LogP contribution is -2.50. The number of pyridine rings is 3. The number of nitrogens with zero attached hydrogens (tertiary/aromatic N) is 7. The Labute approximate surface area is 321 Å². The number of carboxylic acid groups (broad SMARTS) is 1. The van der Waals surface area contributed by atoms with Gasteiger partial charge in [-0.15, -0.1) is 10.2 Å². The molecule has 56 heavy (non-hydrogen) atoms. The number of aliphatic carboxylic acids is 1. The van der Waals surface area contributed by atoms with Gasteiger partial charge in [-0.05, 0) is 62.6 Å². The van der Waals surface area contributed by atoms with Crippen molar-refractivity contribution >= 4 is 21.6 Å². The molecule has 0 bridgehead atoms. The Bertz CT molecular complexity index is 2220. The fourth-order valence-corrected chi connectivity index (χ4v) is 9.04. The van der Waals surface area contributed by atoms with Crippen LogP contribution in [0.2, 0.25) is 0 Å². The van der Waals surface area contributed by atoms with Crippen molar-refractivity contribution in [2.45, 2.75) is 69.7 Å². The summed E-state index contributed by atoms with van der Waals surface area (Å²) in [4.78, 5) is 24.4. The molecule has 4 aromatic heterocycles. The monoisotopic (exact) mass is 803 g/mol. The molecule has 0 aromatic carbocycles. The summed E-state index contributed by atoms with van der Waals surface area (Å²) in [6.45, 7) is 10.7. The lowest BCUT2D eigenvalue weighted by atomic mass is 9.72. The minimum absolute atomic E-state index is 0.0398. The number of carboxylic acids is 1. The highest BCUT2D eigenvalue weighted by atomic mass is 32.2. The lowest BCUT2D eigenvalue weighted by molar-refractivity contribution is -0.147. The molecule has 1 N–H and O–H groups in total. The highest BCUT2D eigenvalue weighted by Crippen LogP contribution is 2.44. The average molecular weight is 804 g/mol. The number of aryl methyl sites for hydroxylation is 2. The van der Waals surface area contributed by atoms with E-state index in [0.29, 0.717) is 74.8 Å². The topological polar surface area (TPSA) is 171 Å². The molecule has 7 heterocycles. The lowest BCUT2D eigenvalue weighted by Gasteiger charge is -2.38. The number of ether oxygens (including phenoxy) is 4. The summed E-state index contributed by atoms with van der Waals surface area (Å²) in [5, 5.41) is 17.6. The van der Waals surface area contributed by atoms with Crippen molar-refractivity contribution in [3.8, 4) is 11.8 Å². The van der Waals surface area contributed by atoms with Gasteiger partial charge in [0.1, 0.15) is 17.1 Å². The molecule has 7 rings (SSSR count). The van der Waals surface area contributed by atoms with E-state index in [2.05, 4.69) is 20.1 Å². The first-order chi connectivity index (χ1) is 26.5. The molecule has 0 amide bonds. The predicted octanol–water partition coefficient (Wildman–Crippen LogP) is 4.24. The number of carbonyl (C=O) groups is 1. The summed E-state index contributed by atoms with van der Waals surface area (Å²) < 4.78 is 95.8. The molecular weight excluding hydrogens is 760 g/mol. The van der Waals surface area contributed by atoms with Gasteiger partial charge in [0.15, 0.2) is 5.65 Å². The number of aromatic nitrogens is 5. The third kappa shape index (κ3) is 7.66. The average Bonchev–Trinajstić information content (AvgIpc) is 3.58. The van der Waals surface area contributed by atoms with Crippen LogP contribution in [-0.2, 0) is 37.0 Å². The van der Waals surface area contributed by atoms with Crippen LogP contribution in [0.3, 0.4) is 0 Å². The van der Waals surface area contributed by atoms with Gasteiger partial charge in [0, 0.05) is 56.4 Å². The molecule has 0 aliphatic carbocycles.